The number of carbonyl (C=O) groups is 1. The molecule has 2 aromatic heterocycles. The van der Waals surface area contributed by atoms with Crippen molar-refractivity contribution in [2.24, 2.45) is 0 Å². The third-order valence-electron chi connectivity index (χ3n) is 8.28. The Morgan fingerprint density at radius 3 is 2.49 bits per heavy atom. The minimum Gasteiger partial charge on any atom is -0.507 e. The van der Waals surface area contributed by atoms with Crippen LogP contribution in [0.15, 0.2) is 77.5 Å². The molecule has 1 aliphatic rings. The zero-order valence-corrected chi connectivity index (χ0v) is 24.9. The van der Waals surface area contributed by atoms with Crippen molar-refractivity contribution < 1.29 is 23.8 Å². The average molecular weight is 580 g/mol. The third kappa shape index (κ3) is 5.68. The van der Waals surface area contributed by atoms with Gasteiger partial charge >= 0.3 is 5.97 Å². The minimum atomic E-state index is -0.471. The molecule has 222 valence electrons. The summed E-state index contributed by atoms with van der Waals surface area (Å²) in [5.74, 6) is 0.753. The van der Waals surface area contributed by atoms with Crippen LogP contribution in [0.1, 0.15) is 45.8 Å². The molecule has 0 bridgehead atoms. The van der Waals surface area contributed by atoms with Gasteiger partial charge in [-0.25, -0.2) is 4.79 Å². The Labute approximate surface area is 251 Å². The number of aryl methyl sites for hydroxylation is 1. The summed E-state index contributed by atoms with van der Waals surface area (Å²) in [7, 11) is 2.11. The molecule has 3 aromatic carbocycles. The highest BCUT2D eigenvalue weighted by Gasteiger charge is 2.34. The lowest BCUT2D eigenvalue weighted by Crippen LogP contribution is -2.46. The van der Waals surface area contributed by atoms with Crippen molar-refractivity contribution in [1.82, 2.24) is 14.8 Å². The smallest absolute Gasteiger partial charge is 0.342 e. The first-order chi connectivity index (χ1) is 21.0. The van der Waals surface area contributed by atoms with E-state index in [0.717, 1.165) is 38.2 Å². The van der Waals surface area contributed by atoms with Crippen LogP contribution in [0.3, 0.4) is 0 Å². The van der Waals surface area contributed by atoms with Gasteiger partial charge in [0.05, 0.1) is 19.3 Å². The topological polar surface area (TPSA) is 88.3 Å². The van der Waals surface area contributed by atoms with Gasteiger partial charge < -0.3 is 23.9 Å². The zero-order valence-electron chi connectivity index (χ0n) is 24.9. The van der Waals surface area contributed by atoms with Crippen LogP contribution in [0.4, 0.5) is 0 Å². The second-order valence-corrected chi connectivity index (χ2v) is 11.0. The number of hydrogen-bond acceptors (Lipinski definition) is 8. The second-order valence-electron chi connectivity index (χ2n) is 11.0. The van der Waals surface area contributed by atoms with E-state index in [1.165, 1.54) is 5.56 Å². The molecule has 5 aromatic rings. The van der Waals surface area contributed by atoms with Crippen LogP contribution in [0, 0.1) is 6.92 Å². The molecule has 0 aliphatic carbocycles. The lowest BCUT2D eigenvalue weighted by molar-refractivity contribution is 0.0526. The van der Waals surface area contributed by atoms with E-state index < -0.39 is 5.97 Å². The maximum absolute atomic E-state index is 13.4. The molecule has 1 fully saturated rings. The fourth-order valence-corrected chi connectivity index (χ4v) is 6.09. The number of carbonyl (C=O) groups excluding carboxylic acids is 1. The van der Waals surface area contributed by atoms with Gasteiger partial charge in [-0.2, -0.15) is 0 Å². The number of rotatable bonds is 9. The second kappa shape index (κ2) is 12.5. The summed E-state index contributed by atoms with van der Waals surface area (Å²) in [4.78, 5) is 22.3. The van der Waals surface area contributed by atoms with Crippen LogP contribution in [0.25, 0.3) is 21.7 Å². The van der Waals surface area contributed by atoms with Crippen LogP contribution < -0.4 is 4.74 Å². The molecule has 6 rings (SSSR count). The summed E-state index contributed by atoms with van der Waals surface area (Å²) in [5.41, 5.74) is 3.68. The van der Waals surface area contributed by atoms with Crippen LogP contribution in [0.2, 0.25) is 0 Å². The highest BCUT2D eigenvalue weighted by atomic mass is 16.5. The van der Waals surface area contributed by atoms with E-state index in [1.807, 2.05) is 48.5 Å². The van der Waals surface area contributed by atoms with E-state index in [2.05, 4.69) is 34.0 Å². The number of likely N-dealkylation sites (N-methyl/N-ethyl adjacent to an activating group) is 1. The lowest BCUT2D eigenvalue weighted by atomic mass is 9.89. The Morgan fingerprint density at radius 1 is 1.02 bits per heavy atom. The molecule has 0 saturated carbocycles. The third-order valence-corrected chi connectivity index (χ3v) is 8.28. The highest BCUT2D eigenvalue weighted by molar-refractivity contribution is 6.17. The molecule has 0 amide bonds. The fraction of sp³-hybridized carbons (Fsp3) is 0.314. The number of benzene rings is 3. The summed E-state index contributed by atoms with van der Waals surface area (Å²) < 4.78 is 18.0. The number of hydrogen-bond donors (Lipinski definition) is 1. The first-order valence-corrected chi connectivity index (χ1v) is 14.8. The number of phenols is 1. The molecule has 3 heterocycles. The van der Waals surface area contributed by atoms with E-state index in [0.29, 0.717) is 51.0 Å². The van der Waals surface area contributed by atoms with Gasteiger partial charge in [0, 0.05) is 66.7 Å². The Bertz CT molecular complexity index is 1730. The number of ether oxygens (including phenoxy) is 2. The maximum atomic E-state index is 13.4. The number of fused-ring (bicyclic) bond motifs is 3. The molecule has 8 nitrogen and oxygen atoms in total. The van der Waals surface area contributed by atoms with Gasteiger partial charge in [-0.3, -0.25) is 9.88 Å². The quantitative estimate of drug-likeness (QED) is 0.209. The standard InChI is InChI=1S/C35H37N3O5/c1-4-41-35(40)29-23(2)43-34-28-22-26(42-21-14-24-8-6-5-7-9-24)10-11-27(28)33(39)31(30(29)34)32(25-12-15-36-16-13-25)38-19-17-37(3)18-20-38/h5-13,15-16,22,32,39H,4,14,17-21H2,1-3H3. The normalized spacial score (nSPS) is 15.1. The molecule has 1 aliphatic heterocycles. The van der Waals surface area contributed by atoms with Gasteiger partial charge in [0.25, 0.3) is 0 Å². The first kappa shape index (κ1) is 28.7. The molecule has 1 unspecified atom stereocenters. The summed E-state index contributed by atoms with van der Waals surface area (Å²) in [6.07, 6.45) is 4.29. The summed E-state index contributed by atoms with van der Waals surface area (Å²) in [6, 6.07) is 19.4. The largest absolute Gasteiger partial charge is 0.507 e. The van der Waals surface area contributed by atoms with Crippen molar-refractivity contribution in [2.75, 3.05) is 46.4 Å². The number of nitrogens with zero attached hydrogens (tertiary/aromatic N) is 3. The van der Waals surface area contributed by atoms with Crippen LogP contribution >= 0.6 is 0 Å². The van der Waals surface area contributed by atoms with E-state index in [-0.39, 0.29) is 18.4 Å². The van der Waals surface area contributed by atoms with Crippen molar-refractivity contribution in [1.29, 1.82) is 0 Å². The molecule has 0 spiro atoms. The molecule has 1 atom stereocenters. The molecule has 8 heteroatoms. The van der Waals surface area contributed by atoms with Crippen molar-refractivity contribution in [3.8, 4) is 11.5 Å². The van der Waals surface area contributed by atoms with E-state index in [9.17, 15) is 9.90 Å². The van der Waals surface area contributed by atoms with Gasteiger partial charge in [-0.15, -0.1) is 0 Å². The van der Waals surface area contributed by atoms with Crippen LogP contribution in [0.5, 0.6) is 11.5 Å². The van der Waals surface area contributed by atoms with Crippen LogP contribution in [-0.4, -0.2) is 72.3 Å². The van der Waals surface area contributed by atoms with Crippen molar-refractivity contribution in [3.05, 3.63) is 101 Å². The van der Waals surface area contributed by atoms with Crippen molar-refractivity contribution in [3.63, 3.8) is 0 Å². The fourth-order valence-electron chi connectivity index (χ4n) is 6.09. The molecular formula is C35H37N3O5. The first-order valence-electron chi connectivity index (χ1n) is 14.8. The Morgan fingerprint density at radius 2 is 1.77 bits per heavy atom. The van der Waals surface area contributed by atoms with E-state index in [1.54, 1.807) is 26.2 Å². The molecular weight excluding hydrogens is 542 g/mol. The average Bonchev–Trinajstić information content (AvgIpc) is 3.37. The van der Waals surface area contributed by atoms with Gasteiger partial charge in [0.15, 0.2) is 0 Å². The minimum absolute atomic E-state index is 0.116. The van der Waals surface area contributed by atoms with E-state index in [4.69, 9.17) is 13.9 Å². The Hall–Kier alpha value is -4.40. The number of aromatic nitrogens is 1. The van der Waals surface area contributed by atoms with Gasteiger partial charge in [0.1, 0.15) is 28.4 Å². The predicted octanol–water partition coefficient (Wildman–Crippen LogP) is 6.13. The summed E-state index contributed by atoms with van der Waals surface area (Å²) in [5, 5.41) is 14.0. The van der Waals surface area contributed by atoms with Gasteiger partial charge in [-0.1, -0.05) is 30.3 Å². The maximum Gasteiger partial charge on any atom is 0.342 e. The van der Waals surface area contributed by atoms with Crippen molar-refractivity contribution in [2.45, 2.75) is 26.3 Å². The number of aromatic hydroxyl groups is 1. The molecule has 1 saturated heterocycles. The number of piperazine rings is 1. The summed E-state index contributed by atoms with van der Waals surface area (Å²) >= 11 is 0. The monoisotopic (exact) mass is 579 g/mol. The molecule has 1 N–H and O–H groups in total. The lowest BCUT2D eigenvalue weighted by Gasteiger charge is -2.39. The molecule has 0 radical (unpaired) electrons. The SMILES string of the molecule is CCOC(=O)c1c(C)oc2c1c(C(c1ccncc1)N1CCN(C)CC1)c(O)c1ccc(OCCc3ccccc3)cc12. The van der Waals surface area contributed by atoms with Crippen molar-refractivity contribution >= 4 is 27.7 Å². The molecule has 43 heavy (non-hydrogen) atoms. The summed E-state index contributed by atoms with van der Waals surface area (Å²) in [6.45, 7) is 7.65. The highest BCUT2D eigenvalue weighted by Crippen LogP contribution is 2.48. The van der Waals surface area contributed by atoms with Gasteiger partial charge in [-0.05, 0) is 62.4 Å². The number of esters is 1. The van der Waals surface area contributed by atoms with Gasteiger partial charge in [0.2, 0.25) is 0 Å². The van der Waals surface area contributed by atoms with Crippen LogP contribution in [-0.2, 0) is 11.2 Å². The Kier molecular flexibility index (Phi) is 8.31. The zero-order chi connectivity index (χ0) is 29.9. The number of phenolic OH excluding ortho intramolecular Hbond substituents is 1. The number of pyridine rings is 1. The predicted molar refractivity (Wildman–Crippen MR) is 167 cm³/mol. The Balaban J connectivity index is 1.53. The number of furan rings is 1. The van der Waals surface area contributed by atoms with E-state index >= 15 is 0 Å².